The first-order valence-corrected chi connectivity index (χ1v) is 6.48. The number of nitro groups is 1. The van der Waals surface area contributed by atoms with Gasteiger partial charge in [0.1, 0.15) is 0 Å². The molecular weight excluding hydrogens is 288 g/mol. The molecule has 0 saturated heterocycles. The van der Waals surface area contributed by atoms with Crippen molar-refractivity contribution in [1.29, 1.82) is 0 Å². The van der Waals surface area contributed by atoms with Gasteiger partial charge < -0.3 is 19.9 Å². The van der Waals surface area contributed by atoms with Crippen molar-refractivity contribution < 1.29 is 19.5 Å². The highest BCUT2D eigenvalue weighted by Crippen LogP contribution is 2.32. The number of nitro benzene ring substituents is 1. The minimum absolute atomic E-state index is 0.0615. The van der Waals surface area contributed by atoms with Gasteiger partial charge in [0.25, 0.3) is 0 Å². The van der Waals surface area contributed by atoms with Crippen LogP contribution in [0.5, 0.6) is 17.2 Å². The summed E-state index contributed by atoms with van der Waals surface area (Å²) in [5, 5.41) is 23.9. The number of nitrogens with zero attached hydrogens (tertiary/aromatic N) is 1. The number of ether oxygens (including phenoxy) is 2. The number of rotatable bonds is 6. The fourth-order valence-electron chi connectivity index (χ4n) is 2.01. The number of hydrogen-bond donors (Lipinski definition) is 2. The zero-order chi connectivity index (χ0) is 16.1. The molecule has 116 valence electrons. The average molecular weight is 304 g/mol. The fraction of sp³-hybridized carbons (Fsp3) is 0.200. The highest BCUT2D eigenvalue weighted by Gasteiger charge is 2.15. The highest BCUT2D eigenvalue weighted by molar-refractivity contribution is 5.58. The Hall–Kier alpha value is -2.96. The molecule has 7 heteroatoms. The lowest BCUT2D eigenvalue weighted by Crippen LogP contribution is -2.01. The molecule has 0 aromatic heterocycles. The summed E-state index contributed by atoms with van der Waals surface area (Å²) in [5.41, 5.74) is 1.19. The second kappa shape index (κ2) is 6.66. The third kappa shape index (κ3) is 3.20. The molecule has 22 heavy (non-hydrogen) atoms. The molecule has 0 aliphatic heterocycles. The average Bonchev–Trinajstić information content (AvgIpc) is 2.53. The van der Waals surface area contributed by atoms with Crippen molar-refractivity contribution in [3.8, 4) is 17.2 Å². The number of para-hydroxylation sites is 1. The lowest BCUT2D eigenvalue weighted by molar-refractivity contribution is -0.385. The molecular formula is C15H16N2O5. The first-order valence-electron chi connectivity index (χ1n) is 6.48. The molecule has 0 fully saturated rings. The summed E-state index contributed by atoms with van der Waals surface area (Å²) in [5.74, 6) is 0.622. The number of hydrogen-bond acceptors (Lipinski definition) is 6. The van der Waals surface area contributed by atoms with Crippen LogP contribution in [0.15, 0.2) is 36.4 Å². The number of phenols is 1. The lowest BCUT2D eigenvalue weighted by atomic mass is 10.1. The highest BCUT2D eigenvalue weighted by atomic mass is 16.6. The zero-order valence-electron chi connectivity index (χ0n) is 12.2. The van der Waals surface area contributed by atoms with Gasteiger partial charge in [-0.2, -0.15) is 0 Å². The molecule has 0 unspecified atom stereocenters. The molecule has 0 aliphatic carbocycles. The van der Waals surface area contributed by atoms with Crippen LogP contribution < -0.4 is 14.8 Å². The fourth-order valence-corrected chi connectivity index (χ4v) is 2.01. The van der Waals surface area contributed by atoms with Crippen LogP contribution in [-0.4, -0.2) is 24.2 Å². The Bertz CT molecular complexity index is 688. The van der Waals surface area contributed by atoms with E-state index in [0.29, 0.717) is 23.5 Å². The van der Waals surface area contributed by atoms with E-state index in [2.05, 4.69) is 5.32 Å². The lowest BCUT2D eigenvalue weighted by Gasteiger charge is -2.11. The number of phenolic OH excluding ortho intramolecular Hbond substituents is 1. The van der Waals surface area contributed by atoms with E-state index in [-0.39, 0.29) is 17.2 Å². The Morgan fingerprint density at radius 3 is 2.55 bits per heavy atom. The van der Waals surface area contributed by atoms with Gasteiger partial charge in [-0.05, 0) is 12.1 Å². The van der Waals surface area contributed by atoms with Crippen LogP contribution in [-0.2, 0) is 6.54 Å². The van der Waals surface area contributed by atoms with Gasteiger partial charge in [-0.15, -0.1) is 0 Å². The van der Waals surface area contributed by atoms with Crippen LogP contribution in [0.2, 0.25) is 0 Å². The molecule has 7 nitrogen and oxygen atoms in total. The molecule has 0 saturated carbocycles. The number of benzene rings is 2. The van der Waals surface area contributed by atoms with Crippen molar-refractivity contribution in [3.63, 3.8) is 0 Å². The first-order chi connectivity index (χ1) is 10.6. The van der Waals surface area contributed by atoms with Crippen LogP contribution >= 0.6 is 0 Å². The van der Waals surface area contributed by atoms with Gasteiger partial charge in [0.2, 0.25) is 0 Å². The molecule has 0 radical (unpaired) electrons. The van der Waals surface area contributed by atoms with Gasteiger partial charge in [0, 0.05) is 29.9 Å². The van der Waals surface area contributed by atoms with E-state index in [0.717, 1.165) is 0 Å². The van der Waals surface area contributed by atoms with Crippen LogP contribution in [0, 0.1) is 10.1 Å². The summed E-state index contributed by atoms with van der Waals surface area (Å²) in [6, 6.07) is 9.67. The molecule has 2 rings (SSSR count). The molecule has 0 atom stereocenters. The van der Waals surface area contributed by atoms with E-state index in [1.807, 2.05) is 0 Å². The minimum Gasteiger partial charge on any atom is -0.504 e. The number of nitrogens with one attached hydrogen (secondary N) is 1. The molecule has 2 aromatic carbocycles. The van der Waals surface area contributed by atoms with Crippen molar-refractivity contribution >= 4 is 11.4 Å². The third-order valence-corrected chi connectivity index (χ3v) is 3.16. The Morgan fingerprint density at radius 2 is 1.91 bits per heavy atom. The van der Waals surface area contributed by atoms with Crippen LogP contribution in [0.1, 0.15) is 5.56 Å². The molecule has 2 N–H and O–H groups in total. The summed E-state index contributed by atoms with van der Waals surface area (Å²) in [6.07, 6.45) is 0. The standard InChI is InChI=1S/C15H16N2O5/c1-21-13-5-3-4-10(15(13)18)9-16-11-6-7-12(17(19)20)14(8-11)22-2/h3-8,16,18H,9H2,1-2H3. The zero-order valence-corrected chi connectivity index (χ0v) is 12.2. The van der Waals surface area contributed by atoms with E-state index >= 15 is 0 Å². The summed E-state index contributed by atoms with van der Waals surface area (Å²) in [7, 11) is 2.85. The van der Waals surface area contributed by atoms with Crippen molar-refractivity contribution in [3.05, 3.63) is 52.1 Å². The molecule has 0 spiro atoms. The maximum atomic E-state index is 10.8. The van der Waals surface area contributed by atoms with E-state index in [1.54, 1.807) is 24.3 Å². The topological polar surface area (TPSA) is 93.9 Å². The van der Waals surface area contributed by atoms with Crippen molar-refractivity contribution in [2.75, 3.05) is 19.5 Å². The van der Waals surface area contributed by atoms with E-state index in [9.17, 15) is 15.2 Å². The van der Waals surface area contributed by atoms with Crippen molar-refractivity contribution in [2.24, 2.45) is 0 Å². The quantitative estimate of drug-likeness (QED) is 0.629. The molecule has 0 amide bonds. The number of methoxy groups -OCH3 is 2. The first kappa shape index (κ1) is 15.4. The molecule has 2 aromatic rings. The van der Waals surface area contributed by atoms with Crippen molar-refractivity contribution in [2.45, 2.75) is 6.54 Å². The second-order valence-corrected chi connectivity index (χ2v) is 4.47. The molecule has 0 aliphatic rings. The smallest absolute Gasteiger partial charge is 0.311 e. The Kier molecular flexibility index (Phi) is 4.67. The van der Waals surface area contributed by atoms with Gasteiger partial charge in [0.15, 0.2) is 17.2 Å². The molecule has 0 bridgehead atoms. The summed E-state index contributed by atoms with van der Waals surface area (Å²) in [6.45, 7) is 0.337. The van der Waals surface area contributed by atoms with Crippen LogP contribution in [0.4, 0.5) is 11.4 Å². The number of anilines is 1. The Labute approximate surface area is 127 Å². The number of aromatic hydroxyl groups is 1. The van der Waals surface area contributed by atoms with Gasteiger partial charge >= 0.3 is 5.69 Å². The summed E-state index contributed by atoms with van der Waals surface area (Å²) in [4.78, 5) is 10.3. The SMILES string of the molecule is COc1cc(NCc2cccc(OC)c2O)ccc1[N+](=O)[O-]. The van der Waals surface area contributed by atoms with E-state index in [1.165, 1.54) is 26.4 Å². The van der Waals surface area contributed by atoms with Gasteiger partial charge in [-0.25, -0.2) is 0 Å². The Morgan fingerprint density at radius 1 is 1.18 bits per heavy atom. The molecule has 0 heterocycles. The van der Waals surface area contributed by atoms with Crippen LogP contribution in [0.25, 0.3) is 0 Å². The predicted molar refractivity (Wildman–Crippen MR) is 81.6 cm³/mol. The third-order valence-electron chi connectivity index (χ3n) is 3.16. The summed E-state index contributed by atoms with van der Waals surface area (Å²) >= 11 is 0. The summed E-state index contributed by atoms with van der Waals surface area (Å²) < 4.78 is 10.1. The predicted octanol–water partition coefficient (Wildman–Crippen LogP) is 2.93. The van der Waals surface area contributed by atoms with Crippen molar-refractivity contribution in [1.82, 2.24) is 0 Å². The maximum absolute atomic E-state index is 10.8. The minimum atomic E-state index is -0.503. The van der Waals surface area contributed by atoms with E-state index in [4.69, 9.17) is 9.47 Å². The Balaban J connectivity index is 2.17. The van der Waals surface area contributed by atoms with Gasteiger partial charge in [-0.3, -0.25) is 10.1 Å². The second-order valence-electron chi connectivity index (χ2n) is 4.47. The van der Waals surface area contributed by atoms with Gasteiger partial charge in [-0.1, -0.05) is 12.1 Å². The maximum Gasteiger partial charge on any atom is 0.311 e. The van der Waals surface area contributed by atoms with Gasteiger partial charge in [0.05, 0.1) is 19.1 Å². The van der Waals surface area contributed by atoms with E-state index < -0.39 is 4.92 Å². The monoisotopic (exact) mass is 304 g/mol. The van der Waals surface area contributed by atoms with Crippen LogP contribution in [0.3, 0.4) is 0 Å². The largest absolute Gasteiger partial charge is 0.504 e. The normalized spacial score (nSPS) is 10.1.